The van der Waals surface area contributed by atoms with Gasteiger partial charge in [0.05, 0.1) is 7.11 Å². The molecule has 0 aliphatic carbocycles. The van der Waals surface area contributed by atoms with E-state index in [0.29, 0.717) is 23.3 Å². The second-order valence-corrected chi connectivity index (χ2v) is 5.28. The zero-order chi connectivity index (χ0) is 15.1. The molecule has 1 heterocycles. The van der Waals surface area contributed by atoms with Gasteiger partial charge < -0.3 is 14.8 Å². The molecular formula is C17H22N2O2. The van der Waals surface area contributed by atoms with E-state index in [2.05, 4.69) is 24.1 Å². The highest BCUT2D eigenvalue weighted by molar-refractivity contribution is 5.41. The topological polar surface area (TPSA) is 43.4 Å². The summed E-state index contributed by atoms with van der Waals surface area (Å²) in [5.74, 6) is 2.57. The molecule has 0 aliphatic rings. The minimum absolute atomic E-state index is 0.573. The van der Waals surface area contributed by atoms with Gasteiger partial charge in [-0.1, -0.05) is 26.0 Å². The smallest absolute Gasteiger partial charge is 0.219 e. The molecule has 0 radical (unpaired) electrons. The van der Waals surface area contributed by atoms with Gasteiger partial charge in [-0.25, -0.2) is 4.98 Å². The summed E-state index contributed by atoms with van der Waals surface area (Å²) >= 11 is 0. The van der Waals surface area contributed by atoms with Crippen LogP contribution in [0.2, 0.25) is 0 Å². The third-order valence-electron chi connectivity index (χ3n) is 2.96. The van der Waals surface area contributed by atoms with Crippen LogP contribution in [0.15, 0.2) is 42.6 Å². The predicted octanol–water partition coefficient (Wildman–Crippen LogP) is 3.63. The molecule has 0 saturated heterocycles. The summed E-state index contributed by atoms with van der Waals surface area (Å²) in [6.07, 6.45) is 1.76. The quantitative estimate of drug-likeness (QED) is 0.844. The van der Waals surface area contributed by atoms with E-state index in [4.69, 9.17) is 9.47 Å². The average Bonchev–Trinajstić information content (AvgIpc) is 2.48. The van der Waals surface area contributed by atoms with E-state index < -0.39 is 0 Å². The highest BCUT2D eigenvalue weighted by Crippen LogP contribution is 2.30. The highest BCUT2D eigenvalue weighted by Gasteiger charge is 2.06. The molecule has 0 spiro atoms. The van der Waals surface area contributed by atoms with Crippen LogP contribution in [0.5, 0.6) is 17.4 Å². The Morgan fingerprint density at radius 3 is 2.62 bits per heavy atom. The zero-order valence-electron chi connectivity index (χ0n) is 12.8. The molecular weight excluding hydrogens is 264 g/mol. The SMILES string of the molecule is COc1ccccc1Oc1cc(CNCC(C)C)ccn1. The van der Waals surface area contributed by atoms with Gasteiger partial charge in [0, 0.05) is 18.8 Å². The minimum Gasteiger partial charge on any atom is -0.493 e. The number of aromatic nitrogens is 1. The van der Waals surface area contributed by atoms with Crippen LogP contribution in [-0.4, -0.2) is 18.6 Å². The van der Waals surface area contributed by atoms with Crippen LogP contribution in [0, 0.1) is 5.92 Å². The first-order chi connectivity index (χ1) is 10.2. The van der Waals surface area contributed by atoms with E-state index in [-0.39, 0.29) is 0 Å². The van der Waals surface area contributed by atoms with Crippen LogP contribution in [0.25, 0.3) is 0 Å². The Bertz CT molecular complexity index is 570. The van der Waals surface area contributed by atoms with Gasteiger partial charge in [-0.05, 0) is 36.2 Å². The second-order valence-electron chi connectivity index (χ2n) is 5.28. The van der Waals surface area contributed by atoms with Gasteiger partial charge in [-0.3, -0.25) is 0 Å². The van der Waals surface area contributed by atoms with E-state index in [1.54, 1.807) is 13.3 Å². The van der Waals surface area contributed by atoms with Crippen LogP contribution in [0.1, 0.15) is 19.4 Å². The van der Waals surface area contributed by atoms with Crippen molar-refractivity contribution in [2.24, 2.45) is 5.92 Å². The Morgan fingerprint density at radius 2 is 1.90 bits per heavy atom. The number of hydrogen-bond acceptors (Lipinski definition) is 4. The average molecular weight is 286 g/mol. The van der Waals surface area contributed by atoms with Crippen LogP contribution >= 0.6 is 0 Å². The minimum atomic E-state index is 0.573. The lowest BCUT2D eigenvalue weighted by Crippen LogP contribution is -2.18. The standard InChI is InChI=1S/C17H22N2O2/c1-13(2)11-18-12-14-8-9-19-17(10-14)21-16-7-5-4-6-15(16)20-3/h4-10,13,18H,11-12H2,1-3H3. The van der Waals surface area contributed by atoms with E-state index in [0.717, 1.165) is 18.7 Å². The van der Waals surface area contributed by atoms with Crippen molar-refractivity contribution in [2.45, 2.75) is 20.4 Å². The molecule has 0 atom stereocenters. The molecule has 2 aromatic rings. The molecule has 0 unspecified atom stereocenters. The van der Waals surface area contributed by atoms with E-state index in [9.17, 15) is 0 Å². The maximum atomic E-state index is 5.80. The number of methoxy groups -OCH3 is 1. The van der Waals surface area contributed by atoms with Crippen LogP contribution < -0.4 is 14.8 Å². The molecule has 1 N–H and O–H groups in total. The number of benzene rings is 1. The van der Waals surface area contributed by atoms with Crippen molar-refractivity contribution < 1.29 is 9.47 Å². The highest BCUT2D eigenvalue weighted by atomic mass is 16.5. The molecule has 1 aromatic heterocycles. The first kappa shape index (κ1) is 15.3. The third-order valence-corrected chi connectivity index (χ3v) is 2.96. The van der Waals surface area contributed by atoms with Crippen LogP contribution in [0.4, 0.5) is 0 Å². The van der Waals surface area contributed by atoms with Crippen LogP contribution in [0.3, 0.4) is 0 Å². The molecule has 1 aromatic carbocycles. The summed E-state index contributed by atoms with van der Waals surface area (Å²) in [7, 11) is 1.63. The monoisotopic (exact) mass is 286 g/mol. The largest absolute Gasteiger partial charge is 0.493 e. The Labute approximate surface area is 126 Å². The number of para-hydroxylation sites is 2. The molecule has 21 heavy (non-hydrogen) atoms. The Kier molecular flexibility index (Phi) is 5.58. The molecule has 0 bridgehead atoms. The number of pyridine rings is 1. The molecule has 4 heteroatoms. The van der Waals surface area contributed by atoms with E-state index >= 15 is 0 Å². The van der Waals surface area contributed by atoms with Crippen molar-refractivity contribution in [3.8, 4) is 17.4 Å². The second kappa shape index (κ2) is 7.64. The van der Waals surface area contributed by atoms with Crippen molar-refractivity contribution in [3.63, 3.8) is 0 Å². The van der Waals surface area contributed by atoms with E-state index in [1.165, 1.54) is 0 Å². The molecule has 112 valence electrons. The van der Waals surface area contributed by atoms with Gasteiger partial charge >= 0.3 is 0 Å². The van der Waals surface area contributed by atoms with E-state index in [1.807, 2.05) is 36.4 Å². The van der Waals surface area contributed by atoms with Gasteiger partial charge in [0.2, 0.25) is 5.88 Å². The molecule has 2 rings (SSSR count). The molecule has 0 amide bonds. The van der Waals surface area contributed by atoms with Gasteiger partial charge in [-0.15, -0.1) is 0 Å². The van der Waals surface area contributed by atoms with Crippen molar-refractivity contribution in [2.75, 3.05) is 13.7 Å². The number of ether oxygens (including phenoxy) is 2. The zero-order valence-corrected chi connectivity index (χ0v) is 12.8. The first-order valence-corrected chi connectivity index (χ1v) is 7.15. The van der Waals surface area contributed by atoms with Gasteiger partial charge in [0.15, 0.2) is 11.5 Å². The lowest BCUT2D eigenvalue weighted by molar-refractivity contribution is 0.374. The van der Waals surface area contributed by atoms with Crippen LogP contribution in [-0.2, 0) is 6.54 Å². The van der Waals surface area contributed by atoms with Crippen molar-refractivity contribution in [1.29, 1.82) is 0 Å². The third kappa shape index (κ3) is 4.76. The van der Waals surface area contributed by atoms with Crippen molar-refractivity contribution >= 4 is 0 Å². The van der Waals surface area contributed by atoms with Gasteiger partial charge in [-0.2, -0.15) is 0 Å². The van der Waals surface area contributed by atoms with Gasteiger partial charge in [0.25, 0.3) is 0 Å². The number of rotatable bonds is 7. The fourth-order valence-electron chi connectivity index (χ4n) is 1.94. The Morgan fingerprint density at radius 1 is 1.14 bits per heavy atom. The fourth-order valence-corrected chi connectivity index (χ4v) is 1.94. The number of hydrogen-bond donors (Lipinski definition) is 1. The maximum absolute atomic E-state index is 5.80. The predicted molar refractivity (Wildman–Crippen MR) is 83.8 cm³/mol. The normalized spacial score (nSPS) is 10.7. The Hall–Kier alpha value is -2.07. The van der Waals surface area contributed by atoms with Crippen molar-refractivity contribution in [3.05, 3.63) is 48.2 Å². The summed E-state index contributed by atoms with van der Waals surface area (Å²) in [4.78, 5) is 4.25. The summed E-state index contributed by atoms with van der Waals surface area (Å²) in [5.41, 5.74) is 1.15. The summed E-state index contributed by atoms with van der Waals surface area (Å²) < 4.78 is 11.1. The van der Waals surface area contributed by atoms with Gasteiger partial charge in [0.1, 0.15) is 0 Å². The summed E-state index contributed by atoms with van der Waals surface area (Å²) in [6.45, 7) is 6.18. The lowest BCUT2D eigenvalue weighted by atomic mass is 10.2. The molecule has 0 fully saturated rings. The summed E-state index contributed by atoms with van der Waals surface area (Å²) in [6, 6.07) is 11.5. The maximum Gasteiger partial charge on any atom is 0.219 e. The van der Waals surface area contributed by atoms with Crippen molar-refractivity contribution in [1.82, 2.24) is 10.3 Å². The number of nitrogens with zero attached hydrogens (tertiary/aromatic N) is 1. The molecule has 0 saturated carbocycles. The number of nitrogens with one attached hydrogen (secondary N) is 1. The fraction of sp³-hybridized carbons (Fsp3) is 0.353. The molecule has 0 aliphatic heterocycles. The first-order valence-electron chi connectivity index (χ1n) is 7.15. The summed E-state index contributed by atoms with van der Waals surface area (Å²) in [5, 5.41) is 3.41. The molecule has 4 nitrogen and oxygen atoms in total. The Balaban J connectivity index is 2.03. The lowest BCUT2D eigenvalue weighted by Gasteiger charge is -2.11.